The van der Waals surface area contributed by atoms with Gasteiger partial charge in [0.25, 0.3) is 0 Å². The zero-order valence-corrected chi connectivity index (χ0v) is 10.8. The molecule has 0 radical (unpaired) electrons. The lowest BCUT2D eigenvalue weighted by Gasteiger charge is -2.36. The van der Waals surface area contributed by atoms with Crippen molar-refractivity contribution in [2.45, 2.75) is 45.2 Å². The van der Waals surface area contributed by atoms with Gasteiger partial charge in [-0.1, -0.05) is 19.8 Å². The van der Waals surface area contributed by atoms with Crippen LogP contribution in [-0.2, 0) is 6.54 Å². The van der Waals surface area contributed by atoms with E-state index in [1.54, 1.807) is 6.20 Å². The van der Waals surface area contributed by atoms with Crippen LogP contribution >= 0.6 is 0 Å². The van der Waals surface area contributed by atoms with Crippen molar-refractivity contribution in [1.82, 2.24) is 9.97 Å². The van der Waals surface area contributed by atoms with Crippen LogP contribution in [0.2, 0.25) is 0 Å². The summed E-state index contributed by atoms with van der Waals surface area (Å²) in [6.07, 6.45) is 7.03. The van der Waals surface area contributed by atoms with Gasteiger partial charge in [0.1, 0.15) is 0 Å². The van der Waals surface area contributed by atoms with Gasteiger partial charge in [0.15, 0.2) is 0 Å². The molecule has 1 aliphatic carbocycles. The maximum absolute atomic E-state index is 5.62. The van der Waals surface area contributed by atoms with Crippen LogP contribution in [-0.4, -0.2) is 23.1 Å². The Morgan fingerprint density at radius 1 is 1.41 bits per heavy atom. The van der Waals surface area contributed by atoms with Gasteiger partial charge in [-0.3, -0.25) is 0 Å². The van der Waals surface area contributed by atoms with E-state index in [0.29, 0.717) is 12.6 Å². The molecule has 0 bridgehead atoms. The minimum absolute atomic E-state index is 0.476. The molecule has 1 heterocycles. The molecule has 1 aromatic rings. The zero-order valence-electron chi connectivity index (χ0n) is 10.8. The first kappa shape index (κ1) is 12.3. The summed E-state index contributed by atoms with van der Waals surface area (Å²) in [6.45, 7) is 2.80. The Hall–Kier alpha value is -1.16. The quantitative estimate of drug-likeness (QED) is 0.868. The predicted molar refractivity (Wildman–Crippen MR) is 69.7 cm³/mol. The van der Waals surface area contributed by atoms with Crippen molar-refractivity contribution in [1.29, 1.82) is 0 Å². The molecule has 2 rings (SSSR count). The molecule has 17 heavy (non-hydrogen) atoms. The molecular formula is C13H22N4. The van der Waals surface area contributed by atoms with E-state index in [1.165, 1.54) is 25.7 Å². The molecule has 0 amide bonds. The molecule has 4 heteroatoms. The maximum Gasteiger partial charge on any atom is 0.225 e. The summed E-state index contributed by atoms with van der Waals surface area (Å²) < 4.78 is 0. The van der Waals surface area contributed by atoms with Gasteiger partial charge in [-0.05, 0) is 24.8 Å². The van der Waals surface area contributed by atoms with E-state index in [1.807, 2.05) is 6.07 Å². The molecule has 1 aliphatic rings. The first-order chi connectivity index (χ1) is 8.22. The number of hydrogen-bond donors (Lipinski definition) is 1. The third-order valence-corrected chi connectivity index (χ3v) is 3.79. The predicted octanol–water partition coefficient (Wildman–Crippen LogP) is 1.95. The normalized spacial score (nSPS) is 24.6. The first-order valence-electron chi connectivity index (χ1n) is 6.47. The van der Waals surface area contributed by atoms with Crippen molar-refractivity contribution in [2.24, 2.45) is 11.7 Å². The average molecular weight is 234 g/mol. The van der Waals surface area contributed by atoms with Gasteiger partial charge < -0.3 is 10.6 Å². The highest BCUT2D eigenvalue weighted by Gasteiger charge is 2.26. The molecule has 94 valence electrons. The minimum Gasteiger partial charge on any atom is -0.341 e. The number of anilines is 1. The molecule has 2 unspecified atom stereocenters. The van der Waals surface area contributed by atoms with E-state index < -0.39 is 0 Å². The third-order valence-electron chi connectivity index (χ3n) is 3.79. The Kier molecular flexibility index (Phi) is 3.94. The molecular weight excluding hydrogens is 212 g/mol. The van der Waals surface area contributed by atoms with Gasteiger partial charge in [0, 0.05) is 25.8 Å². The summed E-state index contributed by atoms with van der Waals surface area (Å²) in [4.78, 5) is 11.1. The van der Waals surface area contributed by atoms with Gasteiger partial charge in [-0.15, -0.1) is 0 Å². The Morgan fingerprint density at radius 2 is 2.18 bits per heavy atom. The van der Waals surface area contributed by atoms with Crippen molar-refractivity contribution in [3.8, 4) is 0 Å². The van der Waals surface area contributed by atoms with Crippen molar-refractivity contribution in [3.05, 3.63) is 18.0 Å². The summed E-state index contributed by atoms with van der Waals surface area (Å²) in [6, 6.07) is 2.44. The summed E-state index contributed by atoms with van der Waals surface area (Å²) in [7, 11) is 2.10. The lowest BCUT2D eigenvalue weighted by molar-refractivity contribution is 0.319. The van der Waals surface area contributed by atoms with Crippen molar-refractivity contribution < 1.29 is 0 Å². The highest BCUT2D eigenvalue weighted by molar-refractivity contribution is 5.31. The topological polar surface area (TPSA) is 55.0 Å². The van der Waals surface area contributed by atoms with E-state index in [2.05, 4.69) is 28.8 Å². The summed E-state index contributed by atoms with van der Waals surface area (Å²) in [5, 5.41) is 0. The van der Waals surface area contributed by atoms with Crippen LogP contribution in [0.5, 0.6) is 0 Å². The van der Waals surface area contributed by atoms with Gasteiger partial charge in [-0.2, -0.15) is 0 Å². The molecule has 4 nitrogen and oxygen atoms in total. The number of aromatic nitrogens is 2. The molecule has 2 N–H and O–H groups in total. The molecule has 0 aliphatic heterocycles. The van der Waals surface area contributed by atoms with Gasteiger partial charge in [-0.25, -0.2) is 9.97 Å². The third kappa shape index (κ3) is 2.75. The second-order valence-electron chi connectivity index (χ2n) is 4.99. The van der Waals surface area contributed by atoms with Crippen molar-refractivity contribution in [2.75, 3.05) is 11.9 Å². The van der Waals surface area contributed by atoms with E-state index >= 15 is 0 Å². The van der Waals surface area contributed by atoms with Crippen LogP contribution < -0.4 is 10.6 Å². The standard InChI is InChI=1S/C13H22N4/c1-10-5-3-4-6-12(10)17(2)13-15-8-7-11(9-14)16-13/h7-8,10,12H,3-6,9,14H2,1-2H3. The molecule has 0 aromatic carbocycles. The highest BCUT2D eigenvalue weighted by Crippen LogP contribution is 2.28. The maximum atomic E-state index is 5.62. The number of hydrogen-bond acceptors (Lipinski definition) is 4. The zero-order chi connectivity index (χ0) is 12.3. The summed E-state index contributed by atoms with van der Waals surface area (Å²) in [5.74, 6) is 1.53. The van der Waals surface area contributed by atoms with E-state index in [9.17, 15) is 0 Å². The van der Waals surface area contributed by atoms with Crippen LogP contribution in [0.3, 0.4) is 0 Å². The SMILES string of the molecule is CC1CCCCC1N(C)c1nccc(CN)n1. The first-order valence-corrected chi connectivity index (χ1v) is 6.47. The molecule has 1 saturated carbocycles. The number of nitrogens with two attached hydrogens (primary N) is 1. The van der Waals surface area contributed by atoms with Gasteiger partial charge in [0.2, 0.25) is 5.95 Å². The fraction of sp³-hybridized carbons (Fsp3) is 0.692. The number of nitrogens with zero attached hydrogens (tertiary/aromatic N) is 3. The molecule has 1 aromatic heterocycles. The average Bonchev–Trinajstić information content (AvgIpc) is 2.38. The monoisotopic (exact) mass is 234 g/mol. The fourth-order valence-electron chi connectivity index (χ4n) is 2.69. The fourth-order valence-corrected chi connectivity index (χ4v) is 2.69. The second kappa shape index (κ2) is 5.45. The van der Waals surface area contributed by atoms with E-state index in [-0.39, 0.29) is 0 Å². The summed E-state index contributed by atoms with van der Waals surface area (Å²) >= 11 is 0. The minimum atomic E-state index is 0.476. The Morgan fingerprint density at radius 3 is 2.88 bits per heavy atom. The van der Waals surface area contributed by atoms with Crippen molar-refractivity contribution in [3.63, 3.8) is 0 Å². The number of rotatable bonds is 3. The van der Waals surface area contributed by atoms with Crippen LogP contribution in [0, 0.1) is 5.92 Å². The smallest absolute Gasteiger partial charge is 0.225 e. The van der Waals surface area contributed by atoms with Crippen LogP contribution in [0.1, 0.15) is 38.3 Å². The molecule has 2 atom stereocenters. The largest absolute Gasteiger partial charge is 0.341 e. The Bertz CT molecular complexity index is 366. The molecule has 0 spiro atoms. The summed E-state index contributed by atoms with van der Waals surface area (Å²) in [5.41, 5.74) is 6.52. The Labute approximate surface area is 103 Å². The lowest BCUT2D eigenvalue weighted by atomic mass is 9.85. The van der Waals surface area contributed by atoms with E-state index in [4.69, 9.17) is 5.73 Å². The van der Waals surface area contributed by atoms with Gasteiger partial charge in [0.05, 0.1) is 5.69 Å². The van der Waals surface area contributed by atoms with Crippen LogP contribution in [0.25, 0.3) is 0 Å². The van der Waals surface area contributed by atoms with Crippen LogP contribution in [0.15, 0.2) is 12.3 Å². The van der Waals surface area contributed by atoms with Gasteiger partial charge >= 0.3 is 0 Å². The second-order valence-corrected chi connectivity index (χ2v) is 4.99. The highest BCUT2D eigenvalue weighted by atomic mass is 15.3. The Balaban J connectivity index is 2.14. The van der Waals surface area contributed by atoms with Crippen LogP contribution in [0.4, 0.5) is 5.95 Å². The molecule has 1 fully saturated rings. The lowest BCUT2D eigenvalue weighted by Crippen LogP contribution is -2.40. The van der Waals surface area contributed by atoms with E-state index in [0.717, 1.165) is 17.6 Å². The van der Waals surface area contributed by atoms with Crippen molar-refractivity contribution >= 4 is 5.95 Å². The molecule has 0 saturated heterocycles.